The molecule has 2 aromatic rings. The highest BCUT2D eigenvalue weighted by molar-refractivity contribution is 6.33. The first-order valence-electron chi connectivity index (χ1n) is 6.13. The number of ether oxygens (including phenoxy) is 2. The van der Waals surface area contributed by atoms with Gasteiger partial charge in [-0.2, -0.15) is 0 Å². The Kier molecular flexibility index (Phi) is 6.21. The molecule has 0 saturated carbocycles. The van der Waals surface area contributed by atoms with Gasteiger partial charge in [-0.05, 0) is 12.1 Å². The van der Waals surface area contributed by atoms with Crippen LogP contribution in [-0.2, 0) is 9.47 Å². The Morgan fingerprint density at radius 1 is 0.773 bits per heavy atom. The summed E-state index contributed by atoms with van der Waals surface area (Å²) in [5, 5.41) is 0.757. The molecule has 0 aliphatic heterocycles. The Morgan fingerprint density at radius 2 is 1.14 bits per heavy atom. The minimum atomic E-state index is -1.09. The van der Waals surface area contributed by atoms with Crippen molar-refractivity contribution in [3.63, 3.8) is 0 Å². The van der Waals surface area contributed by atoms with Crippen molar-refractivity contribution in [3.8, 4) is 0 Å². The lowest BCUT2D eigenvalue weighted by Crippen LogP contribution is -2.11. The summed E-state index contributed by atoms with van der Waals surface area (Å²) >= 11 is 23.9. The highest BCUT2D eigenvalue weighted by Gasteiger charge is 2.21. The third-order valence-corrected chi connectivity index (χ3v) is 4.04. The van der Waals surface area contributed by atoms with E-state index in [9.17, 15) is 4.79 Å². The van der Waals surface area contributed by atoms with E-state index in [0.717, 1.165) is 0 Å². The lowest BCUT2D eigenvalue weighted by Gasteiger charge is -2.16. The Bertz CT molecular complexity index is 607. The van der Waals surface area contributed by atoms with Gasteiger partial charge >= 0.3 is 6.16 Å². The van der Waals surface area contributed by atoms with Crippen molar-refractivity contribution in [2.45, 2.75) is 11.1 Å². The Morgan fingerprint density at radius 3 is 1.50 bits per heavy atom. The number of benzene rings is 2. The van der Waals surface area contributed by atoms with E-state index in [1.54, 1.807) is 48.5 Å². The molecular formula is C15H10Cl4O3. The summed E-state index contributed by atoms with van der Waals surface area (Å²) in [6, 6.07) is 13.5. The summed E-state index contributed by atoms with van der Waals surface area (Å²) in [5.74, 6) is 0. The van der Waals surface area contributed by atoms with E-state index in [0.29, 0.717) is 21.2 Å². The van der Waals surface area contributed by atoms with Crippen LogP contribution in [0.4, 0.5) is 4.79 Å². The van der Waals surface area contributed by atoms with Gasteiger partial charge in [0.1, 0.15) is 0 Å². The van der Waals surface area contributed by atoms with E-state index < -0.39 is 17.3 Å². The van der Waals surface area contributed by atoms with Gasteiger partial charge in [-0.1, -0.05) is 82.8 Å². The highest BCUT2D eigenvalue weighted by atomic mass is 35.5. The van der Waals surface area contributed by atoms with Crippen LogP contribution in [0.25, 0.3) is 0 Å². The minimum Gasteiger partial charge on any atom is -0.410 e. The number of alkyl halides is 2. The molecule has 0 aliphatic carbocycles. The van der Waals surface area contributed by atoms with Crippen LogP contribution < -0.4 is 0 Å². The first-order chi connectivity index (χ1) is 10.5. The summed E-state index contributed by atoms with van der Waals surface area (Å²) in [6.07, 6.45) is -1.03. The predicted octanol–water partition coefficient (Wildman–Crippen LogP) is 6.32. The van der Waals surface area contributed by atoms with Gasteiger partial charge in [0.15, 0.2) is 0 Å². The largest absolute Gasteiger partial charge is 0.511 e. The van der Waals surface area contributed by atoms with Gasteiger partial charge in [-0.3, -0.25) is 0 Å². The average molecular weight is 380 g/mol. The number of rotatable bonds is 4. The molecule has 0 aromatic heterocycles. The van der Waals surface area contributed by atoms with E-state index in [4.69, 9.17) is 55.9 Å². The number of carbonyl (C=O) groups excluding carboxylic acids is 1. The Balaban J connectivity index is 1.98. The molecule has 0 heterocycles. The van der Waals surface area contributed by atoms with Gasteiger partial charge < -0.3 is 9.47 Å². The van der Waals surface area contributed by atoms with E-state index in [-0.39, 0.29) is 0 Å². The van der Waals surface area contributed by atoms with Crippen LogP contribution in [0.3, 0.4) is 0 Å². The molecule has 0 aliphatic rings. The lowest BCUT2D eigenvalue weighted by atomic mass is 10.2. The molecule has 0 N–H and O–H groups in total. The number of hydrogen-bond donors (Lipinski definition) is 0. The van der Waals surface area contributed by atoms with Crippen molar-refractivity contribution >= 4 is 52.6 Å². The average Bonchev–Trinajstić information content (AvgIpc) is 2.47. The standard InChI is InChI=1S/C15H10Cl4O3/c16-11-7-3-1-5-9(11)13(18)21-15(20)22-14(19)10-6-2-4-8-12(10)17/h1-8,13-14H. The third-order valence-electron chi connectivity index (χ3n) is 2.70. The van der Waals surface area contributed by atoms with Crippen LogP contribution in [0.1, 0.15) is 22.3 Å². The second-order valence-electron chi connectivity index (χ2n) is 4.16. The quantitative estimate of drug-likeness (QED) is 0.460. The van der Waals surface area contributed by atoms with Gasteiger partial charge in [0, 0.05) is 21.2 Å². The molecule has 0 bridgehead atoms. The van der Waals surface area contributed by atoms with Crippen molar-refractivity contribution in [2.75, 3.05) is 0 Å². The van der Waals surface area contributed by atoms with Gasteiger partial charge in [-0.25, -0.2) is 4.79 Å². The van der Waals surface area contributed by atoms with Crippen LogP contribution in [0, 0.1) is 0 Å². The highest BCUT2D eigenvalue weighted by Crippen LogP contribution is 2.32. The molecule has 7 heteroatoms. The minimum absolute atomic E-state index is 0.379. The van der Waals surface area contributed by atoms with Gasteiger partial charge in [0.25, 0.3) is 0 Å². The zero-order valence-electron chi connectivity index (χ0n) is 11.0. The smallest absolute Gasteiger partial charge is 0.410 e. The second-order valence-corrected chi connectivity index (χ2v) is 5.77. The van der Waals surface area contributed by atoms with Gasteiger partial charge in [0.2, 0.25) is 11.1 Å². The predicted molar refractivity (Wildman–Crippen MR) is 87.7 cm³/mol. The van der Waals surface area contributed by atoms with Crippen LogP contribution in [0.2, 0.25) is 10.0 Å². The molecule has 2 aromatic carbocycles. The molecule has 2 unspecified atom stereocenters. The molecule has 3 nitrogen and oxygen atoms in total. The van der Waals surface area contributed by atoms with E-state index in [1.807, 2.05) is 0 Å². The molecule has 0 amide bonds. The molecule has 116 valence electrons. The maximum absolute atomic E-state index is 11.7. The van der Waals surface area contributed by atoms with Crippen molar-refractivity contribution in [1.29, 1.82) is 0 Å². The fraction of sp³-hybridized carbons (Fsp3) is 0.133. The van der Waals surface area contributed by atoms with Crippen LogP contribution in [0.5, 0.6) is 0 Å². The van der Waals surface area contributed by atoms with Gasteiger partial charge in [0.05, 0.1) is 0 Å². The van der Waals surface area contributed by atoms with Crippen LogP contribution in [0.15, 0.2) is 48.5 Å². The van der Waals surface area contributed by atoms with Crippen molar-refractivity contribution in [3.05, 3.63) is 69.7 Å². The molecule has 2 atom stereocenters. The molecule has 0 fully saturated rings. The topological polar surface area (TPSA) is 35.5 Å². The fourth-order valence-corrected chi connectivity index (χ4v) is 2.75. The first kappa shape index (κ1) is 17.2. The van der Waals surface area contributed by atoms with Crippen LogP contribution in [-0.4, -0.2) is 6.16 Å². The summed E-state index contributed by atoms with van der Waals surface area (Å²) in [7, 11) is 0. The Labute approximate surface area is 147 Å². The molecule has 2 rings (SSSR count). The van der Waals surface area contributed by atoms with E-state index >= 15 is 0 Å². The van der Waals surface area contributed by atoms with E-state index in [2.05, 4.69) is 0 Å². The van der Waals surface area contributed by atoms with Crippen molar-refractivity contribution in [2.24, 2.45) is 0 Å². The number of carbonyl (C=O) groups is 1. The van der Waals surface area contributed by atoms with Gasteiger partial charge in [-0.15, -0.1) is 0 Å². The molecular weight excluding hydrogens is 370 g/mol. The summed E-state index contributed by atoms with van der Waals surface area (Å²) in [6.45, 7) is 0. The number of hydrogen-bond acceptors (Lipinski definition) is 3. The zero-order valence-corrected chi connectivity index (χ0v) is 14.0. The molecule has 0 saturated heterocycles. The van der Waals surface area contributed by atoms with Crippen molar-refractivity contribution in [1.82, 2.24) is 0 Å². The number of halogens is 4. The maximum Gasteiger partial charge on any atom is 0.511 e. The maximum atomic E-state index is 11.7. The molecule has 22 heavy (non-hydrogen) atoms. The van der Waals surface area contributed by atoms with Crippen LogP contribution >= 0.6 is 46.4 Å². The third kappa shape index (κ3) is 4.43. The molecule has 0 radical (unpaired) electrons. The second kappa shape index (κ2) is 7.93. The lowest BCUT2D eigenvalue weighted by molar-refractivity contribution is 0.0362. The molecule has 0 spiro atoms. The Hall–Kier alpha value is -1.13. The first-order valence-corrected chi connectivity index (χ1v) is 7.76. The summed E-state index contributed by atoms with van der Waals surface area (Å²) in [4.78, 5) is 11.7. The fourth-order valence-electron chi connectivity index (χ4n) is 1.64. The monoisotopic (exact) mass is 378 g/mol. The summed E-state index contributed by atoms with van der Waals surface area (Å²) < 4.78 is 9.88. The SMILES string of the molecule is O=C(OC(Cl)c1ccccc1Cl)OC(Cl)c1ccccc1Cl. The normalized spacial score (nSPS) is 13.3. The van der Waals surface area contributed by atoms with Crippen molar-refractivity contribution < 1.29 is 14.3 Å². The van der Waals surface area contributed by atoms with E-state index in [1.165, 1.54) is 0 Å². The zero-order chi connectivity index (χ0) is 16.1. The summed E-state index contributed by atoms with van der Waals surface area (Å²) in [5.41, 5.74) is -1.27.